The zero-order chi connectivity index (χ0) is 27.6. The second kappa shape index (κ2) is 14.4. The van der Waals surface area contributed by atoms with Gasteiger partial charge in [0.25, 0.3) is 5.56 Å². The minimum absolute atomic E-state index is 0.221. The molecule has 39 heavy (non-hydrogen) atoms. The van der Waals surface area contributed by atoms with Crippen molar-refractivity contribution < 1.29 is 19.0 Å². The third-order valence-electron chi connectivity index (χ3n) is 6.78. The smallest absolute Gasteiger partial charge is 0.494 e. The van der Waals surface area contributed by atoms with Crippen molar-refractivity contribution in [2.45, 2.75) is 39.3 Å². The van der Waals surface area contributed by atoms with Crippen LogP contribution in [0, 0.1) is 0 Å². The van der Waals surface area contributed by atoms with Crippen molar-refractivity contribution in [2.24, 2.45) is 0 Å². The number of benzene rings is 2. The number of aromatic nitrogens is 1. The Labute approximate surface area is 238 Å². The Morgan fingerprint density at radius 2 is 1.72 bits per heavy atom. The first-order valence-electron chi connectivity index (χ1n) is 13.4. The van der Waals surface area contributed by atoms with Crippen LogP contribution in [0.1, 0.15) is 32.6 Å². The fourth-order valence-corrected chi connectivity index (χ4v) is 4.94. The third kappa shape index (κ3) is 8.03. The van der Waals surface area contributed by atoms with Crippen LogP contribution in [0.3, 0.4) is 0 Å². The normalized spacial score (nSPS) is 14.0. The zero-order valence-corrected chi connectivity index (χ0v) is 23.8. The minimum Gasteiger partial charge on any atom is -0.494 e. The molecule has 0 radical (unpaired) electrons. The number of nitrogens with zero attached hydrogens (tertiary/aromatic N) is 3. The number of fused-ring (bicyclic) bond motifs is 1. The monoisotopic (exact) mass is 575 g/mol. The first-order valence-corrected chi connectivity index (χ1v) is 14.2. The molecule has 0 spiro atoms. The van der Waals surface area contributed by atoms with Crippen LogP contribution in [0.2, 0.25) is 10.0 Å². The van der Waals surface area contributed by atoms with Crippen molar-refractivity contribution in [1.29, 1.82) is 0 Å². The van der Waals surface area contributed by atoms with Crippen molar-refractivity contribution in [2.75, 3.05) is 50.8 Å². The molecule has 0 N–H and O–H groups in total. The van der Waals surface area contributed by atoms with E-state index in [0.29, 0.717) is 34.5 Å². The number of hydrogen-bond acceptors (Lipinski definition) is 7. The van der Waals surface area contributed by atoms with Crippen molar-refractivity contribution in [1.82, 2.24) is 9.47 Å². The fraction of sp³-hybridized carbons (Fsp3) is 0.448. The number of piperazine rings is 1. The highest BCUT2D eigenvalue weighted by Crippen LogP contribution is 2.32. The van der Waals surface area contributed by atoms with Crippen LogP contribution in [0.15, 0.2) is 53.3 Å². The van der Waals surface area contributed by atoms with Gasteiger partial charge in [-0.3, -0.25) is 14.3 Å². The summed E-state index contributed by atoms with van der Waals surface area (Å²) in [5.41, 5.74) is 1.37. The van der Waals surface area contributed by atoms with E-state index in [-0.39, 0.29) is 12.3 Å². The SMILES string of the molecule is CCCCOC(=O)OCn1c(=O)ccc2ccc(OCCCCN3CCN(c4cccc(Cl)c4Cl)CC3)cc21. The van der Waals surface area contributed by atoms with Gasteiger partial charge in [-0.2, -0.15) is 0 Å². The van der Waals surface area contributed by atoms with Crippen LogP contribution >= 0.6 is 23.2 Å². The number of ether oxygens (including phenoxy) is 3. The van der Waals surface area contributed by atoms with Gasteiger partial charge in [-0.15, -0.1) is 0 Å². The van der Waals surface area contributed by atoms with E-state index in [9.17, 15) is 9.59 Å². The van der Waals surface area contributed by atoms with Crippen molar-refractivity contribution in [3.05, 3.63) is 68.9 Å². The van der Waals surface area contributed by atoms with Gasteiger partial charge < -0.3 is 19.1 Å². The molecule has 2 heterocycles. The summed E-state index contributed by atoms with van der Waals surface area (Å²) in [7, 11) is 0. The van der Waals surface area contributed by atoms with Crippen LogP contribution in [0.4, 0.5) is 10.5 Å². The number of unbranched alkanes of at least 4 members (excludes halogenated alkanes) is 2. The van der Waals surface area contributed by atoms with Crippen LogP contribution in [0.5, 0.6) is 5.75 Å². The van der Waals surface area contributed by atoms with E-state index in [1.807, 2.05) is 43.3 Å². The summed E-state index contributed by atoms with van der Waals surface area (Å²) in [6.07, 6.45) is 2.82. The summed E-state index contributed by atoms with van der Waals surface area (Å²) in [5, 5.41) is 2.05. The lowest BCUT2D eigenvalue weighted by molar-refractivity contribution is 0.0334. The number of rotatable bonds is 12. The van der Waals surface area contributed by atoms with E-state index in [4.69, 9.17) is 37.4 Å². The topological polar surface area (TPSA) is 73.2 Å². The van der Waals surface area contributed by atoms with Crippen LogP contribution < -0.4 is 15.2 Å². The third-order valence-corrected chi connectivity index (χ3v) is 7.58. The lowest BCUT2D eigenvalue weighted by atomic mass is 10.2. The van der Waals surface area contributed by atoms with Gasteiger partial charge in [0.2, 0.25) is 0 Å². The quantitative estimate of drug-likeness (QED) is 0.188. The maximum Gasteiger partial charge on any atom is 0.510 e. The molecule has 4 rings (SSSR count). The van der Waals surface area contributed by atoms with Gasteiger partial charge >= 0.3 is 6.16 Å². The molecule has 0 amide bonds. The number of anilines is 1. The molecule has 8 nitrogen and oxygen atoms in total. The van der Waals surface area contributed by atoms with Gasteiger partial charge in [0.05, 0.1) is 34.5 Å². The molecular formula is C29H35Cl2N3O5. The Morgan fingerprint density at radius 3 is 2.51 bits per heavy atom. The van der Waals surface area contributed by atoms with E-state index in [2.05, 4.69) is 9.80 Å². The minimum atomic E-state index is -0.783. The van der Waals surface area contributed by atoms with E-state index in [1.54, 1.807) is 6.07 Å². The lowest BCUT2D eigenvalue weighted by Crippen LogP contribution is -2.46. The molecule has 0 bridgehead atoms. The summed E-state index contributed by atoms with van der Waals surface area (Å²) >= 11 is 12.6. The van der Waals surface area contributed by atoms with Crippen molar-refractivity contribution >= 4 is 45.9 Å². The molecule has 2 aromatic carbocycles. The Balaban J connectivity index is 1.22. The predicted molar refractivity (Wildman–Crippen MR) is 155 cm³/mol. The molecule has 210 valence electrons. The summed E-state index contributed by atoms with van der Waals surface area (Å²) in [4.78, 5) is 29.0. The van der Waals surface area contributed by atoms with E-state index in [1.165, 1.54) is 10.6 Å². The summed E-state index contributed by atoms with van der Waals surface area (Å²) in [5.74, 6) is 0.666. The van der Waals surface area contributed by atoms with Gasteiger partial charge in [0, 0.05) is 38.3 Å². The second-order valence-electron chi connectivity index (χ2n) is 9.50. The van der Waals surface area contributed by atoms with Crippen molar-refractivity contribution in [3.63, 3.8) is 0 Å². The van der Waals surface area contributed by atoms with Gasteiger partial charge in [-0.25, -0.2) is 4.79 Å². The Hall–Kier alpha value is -2.94. The largest absolute Gasteiger partial charge is 0.510 e. The standard InChI is InChI=1S/C29H35Cl2N3O5/c1-2-3-18-38-29(36)39-21-34-26-20-23(11-9-22(26)10-12-27(34)35)37-19-5-4-13-32-14-16-33(17-15-32)25-8-6-7-24(30)28(25)31/h6-12,20H,2-5,13-19,21H2,1H3. The first kappa shape index (κ1) is 29.1. The molecule has 0 atom stereocenters. The highest BCUT2D eigenvalue weighted by Gasteiger charge is 2.19. The highest BCUT2D eigenvalue weighted by molar-refractivity contribution is 6.43. The van der Waals surface area contributed by atoms with Crippen LogP contribution in [0.25, 0.3) is 10.9 Å². The molecule has 1 aromatic heterocycles. The molecule has 1 fully saturated rings. The van der Waals surface area contributed by atoms with Gasteiger partial charge in [0.15, 0.2) is 6.73 Å². The number of pyridine rings is 1. The summed E-state index contributed by atoms with van der Waals surface area (Å²) in [6.45, 7) is 7.43. The average molecular weight is 577 g/mol. The molecule has 0 aliphatic carbocycles. The number of carbonyl (C=O) groups excluding carboxylic acids is 1. The van der Waals surface area contributed by atoms with Crippen LogP contribution in [-0.2, 0) is 16.2 Å². The van der Waals surface area contributed by atoms with Crippen molar-refractivity contribution in [3.8, 4) is 5.75 Å². The van der Waals surface area contributed by atoms with Gasteiger partial charge in [-0.1, -0.05) is 42.6 Å². The predicted octanol–water partition coefficient (Wildman–Crippen LogP) is 6.20. The average Bonchev–Trinajstić information content (AvgIpc) is 2.94. The van der Waals surface area contributed by atoms with Crippen LogP contribution in [-0.4, -0.2) is 61.6 Å². The second-order valence-corrected chi connectivity index (χ2v) is 10.3. The zero-order valence-electron chi connectivity index (χ0n) is 22.2. The molecule has 1 aliphatic heterocycles. The number of carbonyl (C=O) groups is 1. The summed E-state index contributed by atoms with van der Waals surface area (Å²) in [6, 6.07) is 14.6. The molecular weight excluding hydrogens is 541 g/mol. The fourth-order valence-electron chi connectivity index (χ4n) is 4.53. The van der Waals surface area contributed by atoms with E-state index < -0.39 is 6.16 Å². The molecule has 0 saturated carbocycles. The molecule has 0 unspecified atom stereocenters. The maximum absolute atomic E-state index is 12.5. The Kier molecular flexibility index (Phi) is 10.8. The molecule has 1 saturated heterocycles. The number of halogens is 2. The lowest BCUT2D eigenvalue weighted by Gasteiger charge is -2.36. The Bertz CT molecular complexity index is 1310. The molecule has 10 heteroatoms. The summed E-state index contributed by atoms with van der Waals surface area (Å²) < 4.78 is 17.6. The molecule has 3 aromatic rings. The first-order chi connectivity index (χ1) is 19.0. The maximum atomic E-state index is 12.5. The van der Waals surface area contributed by atoms with E-state index in [0.717, 1.165) is 69.5 Å². The Morgan fingerprint density at radius 1 is 0.923 bits per heavy atom. The highest BCUT2D eigenvalue weighted by atomic mass is 35.5. The molecule has 1 aliphatic rings. The van der Waals surface area contributed by atoms with Gasteiger partial charge in [0.1, 0.15) is 5.75 Å². The van der Waals surface area contributed by atoms with Gasteiger partial charge in [-0.05, 0) is 61.5 Å². The van der Waals surface area contributed by atoms with E-state index >= 15 is 0 Å². The number of hydrogen-bond donors (Lipinski definition) is 0.